The molecule has 130 valence electrons. The van der Waals surface area contributed by atoms with Gasteiger partial charge in [-0.1, -0.05) is 30.3 Å². The van der Waals surface area contributed by atoms with E-state index in [1.807, 2.05) is 53.2 Å². The second-order valence-corrected chi connectivity index (χ2v) is 5.75. The van der Waals surface area contributed by atoms with Crippen LogP contribution in [0.25, 0.3) is 27.8 Å². The molecule has 0 saturated carbocycles. The predicted molar refractivity (Wildman–Crippen MR) is 105 cm³/mol. The van der Waals surface area contributed by atoms with E-state index in [-0.39, 0.29) is 18.0 Å². The molecule has 5 nitrogen and oxygen atoms in total. The van der Waals surface area contributed by atoms with Crippen LogP contribution in [0.3, 0.4) is 0 Å². The van der Waals surface area contributed by atoms with E-state index in [4.69, 9.17) is 15.9 Å². The first-order valence-electron chi connectivity index (χ1n) is 7.81. The van der Waals surface area contributed by atoms with Gasteiger partial charge in [0, 0.05) is 16.6 Å². The molecule has 1 aromatic heterocycles. The summed E-state index contributed by atoms with van der Waals surface area (Å²) in [5.41, 5.74) is 10.3. The number of nitrogens with two attached hydrogens (primary N) is 1. The number of benzene rings is 3. The molecule has 1 heterocycles. The minimum Gasteiger partial charge on any atom is -0.478 e. The molecule has 0 fully saturated rings. The van der Waals surface area contributed by atoms with Crippen molar-refractivity contribution in [1.29, 1.82) is 0 Å². The normalized spacial score (nSPS) is 10.5. The third-order valence-electron chi connectivity index (χ3n) is 4.13. The Morgan fingerprint density at radius 3 is 2.23 bits per heavy atom. The van der Waals surface area contributed by atoms with Gasteiger partial charge in [-0.2, -0.15) is 5.10 Å². The van der Waals surface area contributed by atoms with Crippen molar-refractivity contribution in [2.45, 2.75) is 0 Å². The van der Waals surface area contributed by atoms with Gasteiger partial charge in [-0.3, -0.25) is 0 Å². The van der Waals surface area contributed by atoms with Crippen LogP contribution in [0.2, 0.25) is 0 Å². The maximum atomic E-state index is 11.0. The number of carbonyl (C=O) groups is 1. The molecule has 6 heteroatoms. The number of hydrogen-bond acceptors (Lipinski definition) is 3. The highest BCUT2D eigenvalue weighted by Crippen LogP contribution is 2.30. The number of para-hydroxylation sites is 1. The van der Waals surface area contributed by atoms with Gasteiger partial charge >= 0.3 is 5.97 Å². The molecule has 4 rings (SSSR count). The van der Waals surface area contributed by atoms with E-state index in [0.29, 0.717) is 5.69 Å². The third kappa shape index (κ3) is 3.00. The van der Waals surface area contributed by atoms with E-state index in [2.05, 4.69) is 0 Å². The fraction of sp³-hybridized carbons (Fsp3) is 0. The molecule has 0 aliphatic rings. The van der Waals surface area contributed by atoms with E-state index in [9.17, 15) is 4.79 Å². The van der Waals surface area contributed by atoms with Gasteiger partial charge in [0.05, 0.1) is 16.8 Å². The molecule has 3 aromatic carbocycles. The van der Waals surface area contributed by atoms with E-state index in [1.54, 1.807) is 24.3 Å². The number of hydrogen-bond donors (Lipinski definition) is 2. The summed E-state index contributed by atoms with van der Waals surface area (Å²) in [6, 6.07) is 22.2. The van der Waals surface area contributed by atoms with Crippen molar-refractivity contribution >= 4 is 35.0 Å². The van der Waals surface area contributed by atoms with Crippen molar-refractivity contribution < 1.29 is 9.90 Å². The average molecular weight is 366 g/mol. The van der Waals surface area contributed by atoms with Crippen molar-refractivity contribution in [3.63, 3.8) is 0 Å². The van der Waals surface area contributed by atoms with Gasteiger partial charge in [-0.05, 0) is 42.5 Å². The molecule has 0 spiro atoms. The number of rotatable bonds is 3. The zero-order valence-corrected chi connectivity index (χ0v) is 14.5. The Balaban J connectivity index is 0.00000196. The lowest BCUT2D eigenvalue weighted by molar-refractivity contribution is 0.0697. The van der Waals surface area contributed by atoms with Crippen LogP contribution in [0, 0.1) is 0 Å². The molecule has 0 aliphatic heterocycles. The lowest BCUT2D eigenvalue weighted by atomic mass is 10.1. The summed E-state index contributed by atoms with van der Waals surface area (Å²) in [4.78, 5) is 11.0. The van der Waals surface area contributed by atoms with E-state index < -0.39 is 5.97 Å². The Bertz CT molecular complexity index is 1070. The van der Waals surface area contributed by atoms with Gasteiger partial charge in [0.1, 0.15) is 5.69 Å². The number of anilines is 1. The maximum Gasteiger partial charge on any atom is 0.335 e. The Kier molecular flexibility index (Phi) is 4.65. The van der Waals surface area contributed by atoms with Crippen LogP contribution in [0.5, 0.6) is 0 Å². The van der Waals surface area contributed by atoms with Gasteiger partial charge in [-0.15, -0.1) is 12.4 Å². The van der Waals surface area contributed by atoms with Gasteiger partial charge in [0.25, 0.3) is 0 Å². The Morgan fingerprint density at radius 2 is 1.58 bits per heavy atom. The topological polar surface area (TPSA) is 81.1 Å². The summed E-state index contributed by atoms with van der Waals surface area (Å²) in [6.07, 6.45) is 0. The van der Waals surface area contributed by atoms with Crippen LogP contribution in [0.4, 0.5) is 5.69 Å². The van der Waals surface area contributed by atoms with Crippen LogP contribution >= 0.6 is 12.4 Å². The summed E-state index contributed by atoms with van der Waals surface area (Å²) in [6.45, 7) is 0. The number of halogens is 1. The monoisotopic (exact) mass is 365 g/mol. The number of nitrogen functional groups attached to an aromatic ring is 1. The molecule has 0 aliphatic carbocycles. The largest absolute Gasteiger partial charge is 0.478 e. The van der Waals surface area contributed by atoms with Crippen molar-refractivity contribution in [3.8, 4) is 16.9 Å². The van der Waals surface area contributed by atoms with Crippen LogP contribution < -0.4 is 5.73 Å². The van der Waals surface area contributed by atoms with Gasteiger partial charge in [0.15, 0.2) is 0 Å². The van der Waals surface area contributed by atoms with Crippen molar-refractivity contribution in [2.75, 3.05) is 5.73 Å². The highest BCUT2D eigenvalue weighted by atomic mass is 35.5. The number of fused-ring (bicyclic) bond motifs is 1. The standard InChI is InChI=1S/C20H15N3O2.ClH/c21-15-9-11-16(12-10-15)23-18-4-2-1-3-17(18)19(22-23)13-5-7-14(8-6-13)20(24)25;/h1-12H,21H2,(H,24,25);1H. The summed E-state index contributed by atoms with van der Waals surface area (Å²) in [5.74, 6) is -0.941. The van der Waals surface area contributed by atoms with Crippen molar-refractivity contribution in [1.82, 2.24) is 9.78 Å². The molecule has 0 unspecified atom stereocenters. The molecule has 0 atom stereocenters. The zero-order chi connectivity index (χ0) is 17.4. The highest BCUT2D eigenvalue weighted by Gasteiger charge is 2.13. The molecule has 26 heavy (non-hydrogen) atoms. The fourth-order valence-corrected chi connectivity index (χ4v) is 2.86. The molecule has 0 amide bonds. The molecule has 0 saturated heterocycles. The van der Waals surface area contributed by atoms with E-state index >= 15 is 0 Å². The van der Waals surface area contributed by atoms with E-state index in [1.165, 1.54) is 0 Å². The molecular weight excluding hydrogens is 350 g/mol. The molecule has 4 aromatic rings. The molecule has 0 bridgehead atoms. The Labute approximate surface area is 156 Å². The number of aromatic nitrogens is 2. The first-order valence-corrected chi connectivity index (χ1v) is 7.81. The van der Waals surface area contributed by atoms with E-state index in [0.717, 1.165) is 27.8 Å². The SMILES string of the molecule is Cl.Nc1ccc(-n2nc(-c3ccc(C(=O)O)cc3)c3ccccc32)cc1. The molecule has 0 radical (unpaired) electrons. The van der Waals surface area contributed by atoms with Gasteiger partial charge < -0.3 is 10.8 Å². The fourth-order valence-electron chi connectivity index (χ4n) is 2.86. The smallest absolute Gasteiger partial charge is 0.335 e. The summed E-state index contributed by atoms with van der Waals surface area (Å²) < 4.78 is 1.87. The number of carboxylic acids is 1. The van der Waals surface area contributed by atoms with Crippen LogP contribution in [-0.2, 0) is 0 Å². The summed E-state index contributed by atoms with van der Waals surface area (Å²) in [7, 11) is 0. The second-order valence-electron chi connectivity index (χ2n) is 5.75. The maximum absolute atomic E-state index is 11.0. The highest BCUT2D eigenvalue weighted by molar-refractivity contribution is 5.95. The first-order chi connectivity index (χ1) is 12.1. The second kappa shape index (κ2) is 6.90. The quantitative estimate of drug-likeness (QED) is 0.527. The van der Waals surface area contributed by atoms with Gasteiger partial charge in [0.2, 0.25) is 0 Å². The number of carboxylic acid groups (broad SMARTS) is 1. The number of nitrogens with zero attached hydrogens (tertiary/aromatic N) is 2. The van der Waals surface area contributed by atoms with Gasteiger partial charge in [-0.25, -0.2) is 9.48 Å². The minimum absolute atomic E-state index is 0. The predicted octanol–water partition coefficient (Wildman–Crippen LogP) is 4.39. The summed E-state index contributed by atoms with van der Waals surface area (Å²) >= 11 is 0. The summed E-state index contributed by atoms with van der Waals surface area (Å²) in [5, 5.41) is 14.8. The van der Waals surface area contributed by atoms with Crippen molar-refractivity contribution in [3.05, 3.63) is 78.4 Å². The Hall–Kier alpha value is -3.31. The van der Waals surface area contributed by atoms with Crippen molar-refractivity contribution in [2.24, 2.45) is 0 Å². The minimum atomic E-state index is -0.941. The zero-order valence-electron chi connectivity index (χ0n) is 13.7. The molecular formula is C20H16ClN3O2. The van der Waals surface area contributed by atoms with Crippen LogP contribution in [-0.4, -0.2) is 20.9 Å². The average Bonchev–Trinajstić information content (AvgIpc) is 3.02. The lowest BCUT2D eigenvalue weighted by Gasteiger charge is -2.03. The lowest BCUT2D eigenvalue weighted by Crippen LogP contribution is -1.97. The third-order valence-corrected chi connectivity index (χ3v) is 4.13. The Morgan fingerprint density at radius 1 is 0.923 bits per heavy atom. The first kappa shape index (κ1) is 17.5. The number of aromatic carboxylic acids is 1. The van der Waals surface area contributed by atoms with Crippen LogP contribution in [0.15, 0.2) is 72.8 Å². The molecule has 3 N–H and O–H groups in total. The van der Waals surface area contributed by atoms with Crippen LogP contribution in [0.1, 0.15) is 10.4 Å².